The van der Waals surface area contributed by atoms with Crippen molar-refractivity contribution >= 4 is 29.0 Å². The molecule has 2 fully saturated rings. The summed E-state index contributed by atoms with van der Waals surface area (Å²) in [7, 11) is 0. The lowest BCUT2D eigenvalue weighted by atomic mass is 9.53. The number of phenols is 1. The highest BCUT2D eigenvalue weighted by Gasteiger charge is 2.66. The van der Waals surface area contributed by atoms with Crippen molar-refractivity contribution in [3.05, 3.63) is 52.6 Å². The van der Waals surface area contributed by atoms with Gasteiger partial charge in [0.25, 0.3) is 0 Å². The second-order valence-corrected chi connectivity index (χ2v) is 11.0. The Morgan fingerprint density at radius 3 is 2.30 bits per heavy atom. The number of aryl methyl sites for hydroxylation is 1. The van der Waals surface area contributed by atoms with Gasteiger partial charge in [-0.1, -0.05) is 43.7 Å². The van der Waals surface area contributed by atoms with Gasteiger partial charge in [-0.3, -0.25) is 24.0 Å². The number of ketones is 4. The summed E-state index contributed by atoms with van der Waals surface area (Å²) in [4.78, 5) is 65.1. The Hall–Kier alpha value is -3.65. The summed E-state index contributed by atoms with van der Waals surface area (Å²) in [6, 6.07) is 9.36. The van der Waals surface area contributed by atoms with Gasteiger partial charge < -0.3 is 15.9 Å². The van der Waals surface area contributed by atoms with E-state index in [1.54, 1.807) is 0 Å². The maximum Gasteiger partial charge on any atom is 0.235 e. The molecule has 2 unspecified atom stereocenters. The van der Waals surface area contributed by atoms with Gasteiger partial charge in [-0.15, -0.1) is 0 Å². The van der Waals surface area contributed by atoms with Crippen LogP contribution in [0.2, 0.25) is 0 Å². The smallest absolute Gasteiger partial charge is 0.235 e. The quantitative estimate of drug-likeness (QED) is 0.544. The van der Waals surface area contributed by atoms with Crippen molar-refractivity contribution in [2.45, 2.75) is 51.6 Å². The van der Waals surface area contributed by atoms with Gasteiger partial charge in [-0.2, -0.15) is 0 Å². The van der Waals surface area contributed by atoms with Crippen LogP contribution in [0.1, 0.15) is 59.7 Å². The van der Waals surface area contributed by atoms with E-state index >= 15 is 0 Å². The number of nitrogens with two attached hydrogens (primary N) is 1. The zero-order valence-electron chi connectivity index (χ0n) is 20.9. The van der Waals surface area contributed by atoms with Gasteiger partial charge in [0.1, 0.15) is 5.75 Å². The Kier molecular flexibility index (Phi) is 5.71. The summed E-state index contributed by atoms with van der Waals surface area (Å²) in [5.74, 6) is -9.97. The average molecular weight is 504 g/mol. The highest BCUT2D eigenvalue weighted by molar-refractivity contribution is 6.31. The van der Waals surface area contributed by atoms with Gasteiger partial charge in [0.2, 0.25) is 5.91 Å². The number of primary amides is 1. The number of Topliss-reactive ketones (excluding diaryl/α,β-unsaturated/α-hetero) is 4. The second kappa shape index (κ2) is 8.45. The molecule has 4 N–H and O–H groups in total. The maximum absolute atomic E-state index is 13.9. The number of carbonyl (C=O) groups is 5. The summed E-state index contributed by atoms with van der Waals surface area (Å²) in [6.07, 6.45) is 0.0144. The van der Waals surface area contributed by atoms with Crippen molar-refractivity contribution in [1.82, 2.24) is 0 Å². The maximum atomic E-state index is 13.9. The molecule has 1 amide bonds. The van der Waals surface area contributed by atoms with Crippen molar-refractivity contribution in [3.63, 3.8) is 0 Å². The fourth-order valence-electron chi connectivity index (χ4n) is 6.53. The average Bonchev–Trinajstić information content (AvgIpc) is 2.82. The molecule has 0 aliphatic heterocycles. The zero-order chi connectivity index (χ0) is 27.0. The number of hydrogen-bond acceptors (Lipinski definition) is 7. The molecule has 5 rings (SSSR count). The molecule has 3 aliphatic rings. The summed E-state index contributed by atoms with van der Waals surface area (Å²) in [6.45, 7) is 5.90. The van der Waals surface area contributed by atoms with Crippen molar-refractivity contribution in [1.29, 1.82) is 0 Å². The minimum Gasteiger partial charge on any atom is -0.507 e. The van der Waals surface area contributed by atoms with Crippen molar-refractivity contribution in [3.8, 4) is 16.9 Å². The molecular weight excluding hydrogens is 474 g/mol. The van der Waals surface area contributed by atoms with Crippen LogP contribution in [0.3, 0.4) is 0 Å². The molecule has 3 aliphatic carbocycles. The van der Waals surface area contributed by atoms with Crippen LogP contribution in [0, 0.1) is 30.6 Å². The van der Waals surface area contributed by atoms with Gasteiger partial charge >= 0.3 is 0 Å². The van der Waals surface area contributed by atoms with E-state index in [0.29, 0.717) is 16.7 Å². The molecule has 0 bridgehead atoms. The van der Waals surface area contributed by atoms with Gasteiger partial charge in [0, 0.05) is 17.9 Å². The fraction of sp³-hybridized carbons (Fsp3) is 0.414. The summed E-state index contributed by atoms with van der Waals surface area (Å²) >= 11 is 0. The number of fused-ring (bicyclic) bond motifs is 3. The third kappa shape index (κ3) is 3.49. The van der Waals surface area contributed by atoms with Crippen LogP contribution < -0.4 is 5.73 Å². The molecule has 0 spiro atoms. The van der Waals surface area contributed by atoms with Gasteiger partial charge in [-0.05, 0) is 54.4 Å². The number of benzene rings is 2. The SMILES string of the molecule is Cc1ccc(-c2cc(C(C)C)c3c(c2O)C(=O)C2C(=O)[C@]4(O)C(=O)C(C(N)=O)C(=O)C[C@@H]4C[C@@H]2C3)cc1. The standard InChI is InChI=1S/C29H29NO7/c1-12(2)17-11-18(14-6-4-13(3)5-7-14)24(32)22-19(17)9-15-8-16-10-20(31)23(28(30)36)27(35)29(16,37)26(34)21(15)25(22)33/h4-7,11-12,15-16,21,23,32,37H,8-10H2,1-3H3,(H2,30,36)/t15-,16+,21?,23?,29+/m1/s1. The Balaban J connectivity index is 1.65. The first kappa shape index (κ1) is 25.0. The van der Waals surface area contributed by atoms with Crippen LogP contribution >= 0.6 is 0 Å². The number of phenolic OH excluding ortho intramolecular Hbond substituents is 1. The lowest BCUT2D eigenvalue weighted by Gasteiger charge is -2.48. The van der Waals surface area contributed by atoms with Crippen LogP contribution in [0.25, 0.3) is 11.1 Å². The van der Waals surface area contributed by atoms with Crippen LogP contribution in [0.4, 0.5) is 0 Å². The first-order chi connectivity index (χ1) is 17.4. The molecule has 2 aromatic rings. The van der Waals surface area contributed by atoms with Gasteiger partial charge in [0.15, 0.2) is 34.7 Å². The third-order valence-corrected chi connectivity index (χ3v) is 8.42. The number of aliphatic hydroxyl groups is 1. The Labute approximate surface area is 213 Å². The minimum atomic E-state index is -2.65. The van der Waals surface area contributed by atoms with Gasteiger partial charge in [-0.25, -0.2) is 0 Å². The highest BCUT2D eigenvalue weighted by atomic mass is 16.3. The normalized spacial score (nSPS) is 29.1. The fourth-order valence-corrected chi connectivity index (χ4v) is 6.53. The number of rotatable bonds is 3. The van der Waals surface area contributed by atoms with E-state index in [9.17, 15) is 34.2 Å². The number of aromatic hydroxyl groups is 1. The molecule has 37 heavy (non-hydrogen) atoms. The van der Waals surface area contributed by atoms with Crippen molar-refractivity contribution < 1.29 is 34.2 Å². The van der Waals surface area contributed by atoms with E-state index in [2.05, 4.69) is 0 Å². The van der Waals surface area contributed by atoms with E-state index in [1.807, 2.05) is 51.1 Å². The zero-order valence-corrected chi connectivity index (χ0v) is 20.9. The Bertz CT molecular complexity index is 1390. The van der Waals surface area contributed by atoms with E-state index in [0.717, 1.165) is 11.1 Å². The van der Waals surface area contributed by atoms with Crippen LogP contribution in [0.15, 0.2) is 30.3 Å². The van der Waals surface area contributed by atoms with Crippen LogP contribution in [-0.2, 0) is 25.6 Å². The monoisotopic (exact) mass is 503 g/mol. The first-order valence-corrected chi connectivity index (χ1v) is 12.5. The largest absolute Gasteiger partial charge is 0.507 e. The predicted octanol–water partition coefficient (Wildman–Crippen LogP) is 2.43. The summed E-state index contributed by atoms with van der Waals surface area (Å²) < 4.78 is 0. The van der Waals surface area contributed by atoms with Crippen LogP contribution in [0.5, 0.6) is 5.75 Å². The minimum absolute atomic E-state index is 0.00767. The van der Waals surface area contributed by atoms with Crippen molar-refractivity contribution in [2.75, 3.05) is 0 Å². The van der Waals surface area contributed by atoms with E-state index in [4.69, 9.17) is 5.73 Å². The molecule has 192 valence electrons. The van der Waals surface area contributed by atoms with E-state index < -0.39 is 58.3 Å². The molecule has 0 aromatic heterocycles. The van der Waals surface area contributed by atoms with Crippen LogP contribution in [-0.4, -0.2) is 44.9 Å². The topological polar surface area (TPSA) is 152 Å². The lowest BCUT2D eigenvalue weighted by Crippen LogP contribution is -2.68. The first-order valence-electron chi connectivity index (χ1n) is 12.5. The molecule has 0 saturated heterocycles. The molecule has 8 nitrogen and oxygen atoms in total. The number of hydrogen-bond donors (Lipinski definition) is 3. The molecule has 2 saturated carbocycles. The molecule has 2 aromatic carbocycles. The number of amides is 1. The summed E-state index contributed by atoms with van der Waals surface area (Å²) in [5.41, 5.74) is 6.35. The van der Waals surface area contributed by atoms with E-state index in [-0.39, 0.29) is 36.5 Å². The molecule has 0 radical (unpaired) electrons. The summed E-state index contributed by atoms with van der Waals surface area (Å²) in [5, 5.41) is 22.7. The van der Waals surface area contributed by atoms with Crippen molar-refractivity contribution in [2.24, 2.45) is 29.4 Å². The van der Waals surface area contributed by atoms with E-state index in [1.165, 1.54) is 0 Å². The molecule has 0 heterocycles. The number of carbonyl (C=O) groups excluding carboxylic acids is 5. The second-order valence-electron chi connectivity index (χ2n) is 11.0. The Morgan fingerprint density at radius 2 is 1.70 bits per heavy atom. The molecule has 8 heteroatoms. The van der Waals surface area contributed by atoms with Gasteiger partial charge in [0.05, 0.1) is 11.5 Å². The molecule has 5 atom stereocenters. The highest BCUT2D eigenvalue weighted by Crippen LogP contribution is 2.52. The Morgan fingerprint density at radius 1 is 1.05 bits per heavy atom. The lowest BCUT2D eigenvalue weighted by molar-refractivity contribution is -0.175. The predicted molar refractivity (Wildman–Crippen MR) is 133 cm³/mol. The molecular formula is C29H29NO7. The third-order valence-electron chi connectivity index (χ3n) is 8.42.